The molecule has 0 spiro atoms. The predicted octanol–water partition coefficient (Wildman–Crippen LogP) is 5.45. The number of hydrogen-bond acceptors (Lipinski definition) is 2. The van der Waals surface area contributed by atoms with Crippen LogP contribution < -0.4 is 0 Å². The van der Waals surface area contributed by atoms with Crippen molar-refractivity contribution in [2.75, 3.05) is 0 Å². The highest BCUT2D eigenvalue weighted by molar-refractivity contribution is 5.29. The first-order valence-electron chi connectivity index (χ1n) is 9.33. The zero-order valence-electron chi connectivity index (χ0n) is 15.1. The van der Waals surface area contributed by atoms with E-state index in [-0.39, 0.29) is 0 Å². The van der Waals surface area contributed by atoms with Gasteiger partial charge < -0.3 is 10.2 Å². The van der Waals surface area contributed by atoms with Crippen molar-refractivity contribution in [3.8, 4) is 11.5 Å². The molecule has 0 bridgehead atoms. The molecule has 0 saturated heterocycles. The van der Waals surface area contributed by atoms with Crippen molar-refractivity contribution in [3.63, 3.8) is 0 Å². The molecule has 0 amide bonds. The molecule has 3 rings (SSSR count). The molecular formula is C24H26O2. The third-order valence-electron chi connectivity index (χ3n) is 4.67. The van der Waals surface area contributed by atoms with Gasteiger partial charge in [0.05, 0.1) is 0 Å². The summed E-state index contributed by atoms with van der Waals surface area (Å²) in [5.74, 6) is 0.687. The van der Waals surface area contributed by atoms with Gasteiger partial charge in [0, 0.05) is 0 Å². The van der Waals surface area contributed by atoms with Crippen LogP contribution in [-0.4, -0.2) is 10.2 Å². The normalized spacial score (nSPS) is 10.8. The van der Waals surface area contributed by atoms with Crippen molar-refractivity contribution in [1.82, 2.24) is 0 Å². The Morgan fingerprint density at radius 3 is 1.19 bits per heavy atom. The van der Waals surface area contributed by atoms with Crippen LogP contribution in [0.5, 0.6) is 11.5 Å². The maximum absolute atomic E-state index is 9.53. The lowest BCUT2D eigenvalue weighted by molar-refractivity contribution is 0.474. The zero-order chi connectivity index (χ0) is 18.2. The van der Waals surface area contributed by atoms with Crippen LogP contribution in [-0.2, 0) is 25.7 Å². The lowest BCUT2D eigenvalue weighted by Crippen LogP contribution is -1.94. The molecule has 134 valence electrons. The molecule has 0 aliphatic rings. The van der Waals surface area contributed by atoms with Crippen LogP contribution in [0.25, 0.3) is 0 Å². The summed E-state index contributed by atoms with van der Waals surface area (Å²) in [6.07, 6.45) is 6.23. The van der Waals surface area contributed by atoms with Gasteiger partial charge in [0.2, 0.25) is 0 Å². The van der Waals surface area contributed by atoms with Crippen molar-refractivity contribution >= 4 is 0 Å². The van der Waals surface area contributed by atoms with E-state index in [1.54, 1.807) is 12.1 Å². The minimum absolute atomic E-state index is 0.344. The summed E-state index contributed by atoms with van der Waals surface area (Å²) in [5, 5.41) is 19.1. The Labute approximate surface area is 155 Å². The van der Waals surface area contributed by atoms with E-state index in [1.807, 2.05) is 24.3 Å². The van der Waals surface area contributed by atoms with Gasteiger partial charge in [-0.3, -0.25) is 0 Å². The maximum atomic E-state index is 9.53. The maximum Gasteiger partial charge on any atom is 0.115 e. The summed E-state index contributed by atoms with van der Waals surface area (Å²) in [5.41, 5.74) is 5.12. The minimum Gasteiger partial charge on any atom is -0.508 e. The second kappa shape index (κ2) is 9.10. The first-order chi connectivity index (χ1) is 12.7. The van der Waals surface area contributed by atoms with Gasteiger partial charge in [-0.25, -0.2) is 0 Å². The fraction of sp³-hybridized carbons (Fsp3) is 0.250. The van der Waals surface area contributed by atoms with Crippen LogP contribution in [0.4, 0.5) is 0 Å². The number of aryl methyl sites for hydroxylation is 4. The van der Waals surface area contributed by atoms with Gasteiger partial charge in [0.1, 0.15) is 11.5 Å². The van der Waals surface area contributed by atoms with E-state index >= 15 is 0 Å². The van der Waals surface area contributed by atoms with E-state index in [0.29, 0.717) is 11.5 Å². The van der Waals surface area contributed by atoms with Gasteiger partial charge in [-0.15, -0.1) is 0 Å². The summed E-state index contributed by atoms with van der Waals surface area (Å²) >= 11 is 0. The van der Waals surface area contributed by atoms with Crippen LogP contribution in [0.3, 0.4) is 0 Å². The third kappa shape index (κ3) is 5.66. The van der Waals surface area contributed by atoms with Gasteiger partial charge in [-0.1, -0.05) is 48.5 Å². The van der Waals surface area contributed by atoms with Crippen molar-refractivity contribution in [2.24, 2.45) is 0 Å². The van der Waals surface area contributed by atoms with Gasteiger partial charge >= 0.3 is 0 Å². The molecule has 0 heterocycles. The molecule has 3 aromatic rings. The van der Waals surface area contributed by atoms with Crippen LogP contribution in [0.2, 0.25) is 0 Å². The van der Waals surface area contributed by atoms with Gasteiger partial charge in [0.25, 0.3) is 0 Å². The summed E-state index contributed by atoms with van der Waals surface area (Å²) in [6.45, 7) is 0. The first-order valence-corrected chi connectivity index (χ1v) is 9.33. The molecular weight excluding hydrogens is 320 g/mol. The fourth-order valence-electron chi connectivity index (χ4n) is 3.36. The van der Waals surface area contributed by atoms with Crippen LogP contribution >= 0.6 is 0 Å². The molecule has 0 unspecified atom stereocenters. The number of phenols is 2. The highest BCUT2D eigenvalue weighted by Crippen LogP contribution is 2.17. The lowest BCUT2D eigenvalue weighted by Gasteiger charge is -2.07. The van der Waals surface area contributed by atoms with E-state index < -0.39 is 0 Å². The monoisotopic (exact) mass is 346 g/mol. The summed E-state index contributed by atoms with van der Waals surface area (Å²) in [7, 11) is 0. The summed E-state index contributed by atoms with van der Waals surface area (Å²) < 4.78 is 0. The Balaban J connectivity index is 1.46. The topological polar surface area (TPSA) is 40.5 Å². The Morgan fingerprint density at radius 2 is 0.808 bits per heavy atom. The van der Waals surface area contributed by atoms with Crippen molar-refractivity contribution < 1.29 is 10.2 Å². The number of rotatable bonds is 8. The average molecular weight is 346 g/mol. The highest BCUT2D eigenvalue weighted by atomic mass is 16.3. The Hall–Kier alpha value is -2.74. The molecule has 0 radical (unpaired) electrons. The Morgan fingerprint density at radius 1 is 0.462 bits per heavy atom. The number of phenolic OH excluding ortho intramolecular Hbond substituents is 2. The predicted molar refractivity (Wildman–Crippen MR) is 107 cm³/mol. The quantitative estimate of drug-likeness (QED) is 0.569. The number of hydrogen-bond donors (Lipinski definition) is 2. The highest BCUT2D eigenvalue weighted by Gasteiger charge is 2.01. The minimum atomic E-state index is 0.344. The molecule has 3 aromatic carbocycles. The van der Waals surface area contributed by atoms with E-state index in [9.17, 15) is 10.2 Å². The van der Waals surface area contributed by atoms with Crippen LogP contribution in [0.1, 0.15) is 35.1 Å². The molecule has 26 heavy (non-hydrogen) atoms. The number of benzene rings is 3. The van der Waals surface area contributed by atoms with E-state index in [0.717, 1.165) is 38.5 Å². The molecule has 0 atom stereocenters. The number of aromatic hydroxyl groups is 2. The third-order valence-corrected chi connectivity index (χ3v) is 4.67. The first kappa shape index (κ1) is 18.1. The van der Waals surface area contributed by atoms with Crippen LogP contribution in [0.15, 0.2) is 72.8 Å². The van der Waals surface area contributed by atoms with Gasteiger partial charge in [-0.2, -0.15) is 0 Å². The fourth-order valence-corrected chi connectivity index (χ4v) is 3.36. The molecule has 2 N–H and O–H groups in total. The lowest BCUT2D eigenvalue weighted by atomic mass is 9.99. The molecule has 0 aliphatic heterocycles. The standard InChI is InChI=1S/C24H26O2/c25-23-14-4-12-21(17-23)10-2-8-19-6-1-7-20(16-19)9-3-11-22-13-5-15-24(26)18-22/h1,4-7,12-18,25-26H,2-3,8-11H2. The second-order valence-electron chi connectivity index (χ2n) is 6.87. The van der Waals surface area contributed by atoms with Crippen molar-refractivity contribution in [2.45, 2.75) is 38.5 Å². The molecule has 0 saturated carbocycles. The van der Waals surface area contributed by atoms with Gasteiger partial charge in [0.15, 0.2) is 0 Å². The van der Waals surface area contributed by atoms with Crippen molar-refractivity contribution in [1.29, 1.82) is 0 Å². The largest absolute Gasteiger partial charge is 0.508 e. The summed E-state index contributed by atoms with van der Waals surface area (Å²) in [6, 6.07) is 23.9. The van der Waals surface area contributed by atoms with Gasteiger partial charge in [-0.05, 0) is 85.0 Å². The molecule has 2 nitrogen and oxygen atoms in total. The van der Waals surface area contributed by atoms with E-state index in [4.69, 9.17) is 0 Å². The molecule has 0 fully saturated rings. The molecule has 0 aliphatic carbocycles. The van der Waals surface area contributed by atoms with E-state index in [2.05, 4.69) is 36.4 Å². The molecule has 2 heteroatoms. The second-order valence-corrected chi connectivity index (χ2v) is 6.87. The Kier molecular flexibility index (Phi) is 6.32. The summed E-state index contributed by atoms with van der Waals surface area (Å²) in [4.78, 5) is 0. The average Bonchev–Trinajstić information content (AvgIpc) is 2.62. The zero-order valence-corrected chi connectivity index (χ0v) is 15.1. The van der Waals surface area contributed by atoms with E-state index in [1.165, 1.54) is 22.3 Å². The smallest absolute Gasteiger partial charge is 0.115 e. The Bertz CT molecular complexity index is 772. The SMILES string of the molecule is Oc1cccc(CCCc2cccc(CCCc3cccc(O)c3)c2)c1. The van der Waals surface area contributed by atoms with Crippen molar-refractivity contribution in [3.05, 3.63) is 95.1 Å². The van der Waals surface area contributed by atoms with Crippen LogP contribution in [0, 0.1) is 0 Å². The molecule has 0 aromatic heterocycles.